The molecule has 0 aliphatic carbocycles. The molecule has 174 valence electrons. The molecule has 5 nitrogen and oxygen atoms in total. The van der Waals surface area contributed by atoms with Gasteiger partial charge in [0.15, 0.2) is 0 Å². The van der Waals surface area contributed by atoms with Crippen LogP contribution in [0.5, 0.6) is 0 Å². The first-order valence-corrected chi connectivity index (χ1v) is 11.8. The summed E-state index contributed by atoms with van der Waals surface area (Å²) in [6, 6.07) is 26.8. The Kier molecular flexibility index (Phi) is 7.30. The SMILES string of the molecule is C[C@H](CN[C@H](c1ccccc1)[C@@H]1CNc2cccc(C#N)c2C1)c1ccc([C@@H](C)C(=O)O)cc1. The molecule has 0 radical (unpaired) electrons. The van der Waals surface area contributed by atoms with E-state index in [0.29, 0.717) is 5.92 Å². The molecule has 0 amide bonds. The number of nitrogens with zero attached hydrogens (tertiary/aromatic N) is 1. The predicted molar refractivity (Wildman–Crippen MR) is 135 cm³/mol. The van der Waals surface area contributed by atoms with Gasteiger partial charge in [-0.05, 0) is 59.6 Å². The molecular weight excluding hydrogens is 422 g/mol. The molecule has 1 aliphatic rings. The van der Waals surface area contributed by atoms with Crippen molar-refractivity contribution in [2.24, 2.45) is 5.92 Å². The third-order valence-electron chi connectivity index (χ3n) is 6.97. The van der Waals surface area contributed by atoms with Gasteiger partial charge in [0.25, 0.3) is 0 Å². The molecule has 0 spiro atoms. The summed E-state index contributed by atoms with van der Waals surface area (Å²) >= 11 is 0. The summed E-state index contributed by atoms with van der Waals surface area (Å²) in [6.07, 6.45) is 0.842. The molecule has 1 aliphatic heterocycles. The first kappa shape index (κ1) is 23.5. The minimum atomic E-state index is -0.810. The zero-order chi connectivity index (χ0) is 24.1. The van der Waals surface area contributed by atoms with Crippen LogP contribution in [0.3, 0.4) is 0 Å². The summed E-state index contributed by atoms with van der Waals surface area (Å²) in [7, 11) is 0. The molecule has 3 aromatic rings. The number of nitriles is 1. The lowest BCUT2D eigenvalue weighted by Crippen LogP contribution is -2.37. The van der Waals surface area contributed by atoms with Crippen molar-refractivity contribution in [2.75, 3.05) is 18.4 Å². The second-order valence-corrected chi connectivity index (χ2v) is 9.21. The number of anilines is 1. The van der Waals surface area contributed by atoms with Crippen molar-refractivity contribution in [2.45, 2.75) is 38.1 Å². The van der Waals surface area contributed by atoms with Gasteiger partial charge in [-0.2, -0.15) is 5.26 Å². The third kappa shape index (κ3) is 5.13. The number of rotatable bonds is 8. The maximum absolute atomic E-state index is 11.3. The zero-order valence-corrected chi connectivity index (χ0v) is 19.7. The quantitative estimate of drug-likeness (QED) is 0.421. The van der Waals surface area contributed by atoms with Crippen LogP contribution in [0.4, 0.5) is 5.69 Å². The van der Waals surface area contributed by atoms with Gasteiger partial charge in [0, 0.05) is 24.8 Å². The van der Waals surface area contributed by atoms with Crippen molar-refractivity contribution in [1.29, 1.82) is 5.26 Å². The summed E-state index contributed by atoms with van der Waals surface area (Å²) < 4.78 is 0. The standard InChI is InChI=1S/C29H31N3O2/c1-19(21-11-13-22(14-12-21)20(2)29(33)34)17-32-28(23-7-4-3-5-8-23)25-15-26-24(16-30)9-6-10-27(26)31-18-25/h3-14,19-20,25,28,31-32H,15,17-18H2,1-2H3,(H,33,34)/t19-,20-,25+,28-/m1/s1. The summed E-state index contributed by atoms with van der Waals surface area (Å²) in [4.78, 5) is 11.3. The molecule has 4 rings (SSSR count). The summed E-state index contributed by atoms with van der Waals surface area (Å²) in [6.45, 7) is 5.52. The van der Waals surface area contributed by atoms with Crippen molar-refractivity contribution in [1.82, 2.24) is 5.32 Å². The lowest BCUT2D eigenvalue weighted by Gasteiger charge is -2.34. The zero-order valence-electron chi connectivity index (χ0n) is 19.7. The maximum Gasteiger partial charge on any atom is 0.310 e. The topological polar surface area (TPSA) is 85.1 Å². The number of hydrogen-bond donors (Lipinski definition) is 3. The van der Waals surface area contributed by atoms with Gasteiger partial charge in [-0.25, -0.2) is 0 Å². The Hall–Kier alpha value is -3.62. The van der Waals surface area contributed by atoms with Crippen LogP contribution in [0.25, 0.3) is 0 Å². The molecule has 1 heterocycles. The Balaban J connectivity index is 1.51. The highest BCUT2D eigenvalue weighted by molar-refractivity contribution is 5.75. The molecule has 34 heavy (non-hydrogen) atoms. The molecular formula is C29H31N3O2. The summed E-state index contributed by atoms with van der Waals surface area (Å²) in [5.41, 5.74) is 6.14. The summed E-state index contributed by atoms with van der Waals surface area (Å²) in [5, 5.41) is 26.2. The molecule has 0 aromatic heterocycles. The van der Waals surface area contributed by atoms with Crippen molar-refractivity contribution < 1.29 is 9.90 Å². The second kappa shape index (κ2) is 10.5. The van der Waals surface area contributed by atoms with Crippen molar-refractivity contribution in [3.8, 4) is 6.07 Å². The lowest BCUT2D eigenvalue weighted by atomic mass is 9.83. The number of fused-ring (bicyclic) bond motifs is 1. The van der Waals surface area contributed by atoms with E-state index in [1.54, 1.807) is 6.92 Å². The number of aliphatic carboxylic acids is 1. The normalized spacial score (nSPS) is 17.5. The number of nitrogens with one attached hydrogen (secondary N) is 2. The minimum Gasteiger partial charge on any atom is -0.481 e. The third-order valence-corrected chi connectivity index (χ3v) is 6.97. The van der Waals surface area contributed by atoms with Crippen LogP contribution in [0, 0.1) is 17.2 Å². The average molecular weight is 454 g/mol. The Labute approximate surface area is 201 Å². The fraction of sp³-hybridized carbons (Fsp3) is 0.310. The Morgan fingerprint density at radius 2 is 1.74 bits per heavy atom. The van der Waals surface area contributed by atoms with Crippen LogP contribution in [0.15, 0.2) is 72.8 Å². The predicted octanol–water partition coefficient (Wildman–Crippen LogP) is 5.47. The Morgan fingerprint density at radius 3 is 2.41 bits per heavy atom. The highest BCUT2D eigenvalue weighted by atomic mass is 16.4. The smallest absolute Gasteiger partial charge is 0.310 e. The molecule has 3 N–H and O–H groups in total. The molecule has 3 aromatic carbocycles. The average Bonchev–Trinajstić information content (AvgIpc) is 2.88. The molecule has 0 bridgehead atoms. The van der Waals surface area contributed by atoms with Crippen LogP contribution >= 0.6 is 0 Å². The van der Waals surface area contributed by atoms with Crippen LogP contribution in [0.2, 0.25) is 0 Å². The van der Waals surface area contributed by atoms with Gasteiger partial charge in [-0.15, -0.1) is 0 Å². The van der Waals surface area contributed by atoms with Crippen LogP contribution in [-0.2, 0) is 11.2 Å². The number of carboxylic acid groups (broad SMARTS) is 1. The molecule has 0 unspecified atom stereocenters. The van der Waals surface area contributed by atoms with E-state index in [-0.39, 0.29) is 12.0 Å². The van der Waals surface area contributed by atoms with Gasteiger partial charge < -0.3 is 15.7 Å². The van der Waals surface area contributed by atoms with E-state index in [9.17, 15) is 15.2 Å². The van der Waals surface area contributed by atoms with Crippen LogP contribution in [0.1, 0.15) is 59.5 Å². The van der Waals surface area contributed by atoms with E-state index >= 15 is 0 Å². The monoisotopic (exact) mass is 453 g/mol. The maximum atomic E-state index is 11.3. The molecule has 0 fully saturated rings. The molecule has 0 saturated carbocycles. The van der Waals surface area contributed by atoms with E-state index < -0.39 is 11.9 Å². The fourth-order valence-corrected chi connectivity index (χ4v) is 4.78. The van der Waals surface area contributed by atoms with Crippen molar-refractivity contribution >= 4 is 11.7 Å². The number of benzene rings is 3. The fourth-order valence-electron chi connectivity index (χ4n) is 4.78. The van der Waals surface area contributed by atoms with Gasteiger partial charge in [0.2, 0.25) is 0 Å². The summed E-state index contributed by atoms with van der Waals surface area (Å²) in [5.74, 6) is -0.755. The number of carbonyl (C=O) groups is 1. The lowest BCUT2D eigenvalue weighted by molar-refractivity contribution is -0.138. The number of carboxylic acids is 1. The van der Waals surface area contributed by atoms with Gasteiger partial charge in [-0.1, -0.05) is 67.6 Å². The largest absolute Gasteiger partial charge is 0.481 e. The first-order chi connectivity index (χ1) is 16.5. The molecule has 4 atom stereocenters. The minimum absolute atomic E-state index is 0.141. The number of hydrogen-bond acceptors (Lipinski definition) is 4. The van der Waals surface area contributed by atoms with E-state index in [2.05, 4.69) is 47.9 Å². The van der Waals surface area contributed by atoms with Gasteiger partial charge >= 0.3 is 5.97 Å². The van der Waals surface area contributed by atoms with E-state index in [4.69, 9.17) is 0 Å². The first-order valence-electron chi connectivity index (χ1n) is 11.8. The van der Waals surface area contributed by atoms with Gasteiger partial charge in [0.1, 0.15) is 0 Å². The van der Waals surface area contributed by atoms with Crippen molar-refractivity contribution in [3.63, 3.8) is 0 Å². The molecule has 5 heteroatoms. The van der Waals surface area contributed by atoms with E-state index in [0.717, 1.165) is 41.9 Å². The van der Waals surface area contributed by atoms with Gasteiger partial charge in [0.05, 0.1) is 17.6 Å². The van der Waals surface area contributed by atoms with Crippen LogP contribution in [-0.4, -0.2) is 24.2 Å². The second-order valence-electron chi connectivity index (χ2n) is 9.21. The van der Waals surface area contributed by atoms with Crippen molar-refractivity contribution in [3.05, 3.63) is 101 Å². The molecule has 0 saturated heterocycles. The van der Waals surface area contributed by atoms with E-state index in [1.165, 1.54) is 11.1 Å². The highest BCUT2D eigenvalue weighted by Crippen LogP contribution is 2.34. The van der Waals surface area contributed by atoms with E-state index in [1.807, 2.05) is 48.5 Å². The Bertz CT molecular complexity index is 1170. The van der Waals surface area contributed by atoms with Crippen LogP contribution < -0.4 is 10.6 Å². The highest BCUT2D eigenvalue weighted by Gasteiger charge is 2.29. The van der Waals surface area contributed by atoms with Gasteiger partial charge in [-0.3, -0.25) is 4.79 Å². The Morgan fingerprint density at radius 1 is 1.03 bits per heavy atom.